The first-order valence-electron chi connectivity index (χ1n) is 6.20. The molecule has 2 aromatic rings. The molecule has 0 saturated heterocycles. The normalized spacial score (nSPS) is 13.1. The van der Waals surface area contributed by atoms with E-state index in [2.05, 4.69) is 0 Å². The van der Waals surface area contributed by atoms with Gasteiger partial charge in [0, 0.05) is 0 Å². The second kappa shape index (κ2) is 6.15. The number of hydrogen-bond donors (Lipinski definition) is 1. The average Bonchev–Trinajstić information content (AvgIpc) is 2.46. The zero-order valence-corrected chi connectivity index (χ0v) is 11.6. The second-order valence-electron chi connectivity index (χ2n) is 4.49. The molecule has 3 nitrogen and oxygen atoms in total. The van der Waals surface area contributed by atoms with Gasteiger partial charge in [-0.1, -0.05) is 36.4 Å². The summed E-state index contributed by atoms with van der Waals surface area (Å²) in [5.74, 6) is -0.818. The molecule has 1 unspecified atom stereocenters. The van der Waals surface area contributed by atoms with Crippen LogP contribution >= 0.6 is 0 Å². The molecule has 0 fully saturated rings. The summed E-state index contributed by atoms with van der Waals surface area (Å²) in [5, 5.41) is 9.95. The van der Waals surface area contributed by atoms with Gasteiger partial charge in [-0.05, 0) is 30.2 Å². The van der Waals surface area contributed by atoms with Crippen LogP contribution in [-0.4, -0.2) is 19.3 Å². The van der Waals surface area contributed by atoms with Gasteiger partial charge in [-0.15, -0.1) is 0 Å². The molecule has 0 aromatic heterocycles. The van der Waals surface area contributed by atoms with Crippen molar-refractivity contribution in [2.75, 3.05) is 5.75 Å². The number of aliphatic hydroxyl groups is 1. The van der Waals surface area contributed by atoms with Crippen LogP contribution in [0.15, 0.2) is 59.5 Å². The summed E-state index contributed by atoms with van der Waals surface area (Å²) in [7, 11) is -3.59. The van der Waals surface area contributed by atoms with Crippen LogP contribution in [0.1, 0.15) is 18.1 Å². The maximum absolute atomic E-state index is 13.0. The minimum absolute atomic E-state index is 0.0576. The third kappa shape index (κ3) is 3.65. The third-order valence-electron chi connectivity index (χ3n) is 3.00. The standard InChI is InChI=1S/C15H15FO3S/c16-13-7-4-8-14(11-13)20(18,19)10-9-15(17)12-5-2-1-3-6-12/h1-8,11,15,17H,9-10H2. The largest absolute Gasteiger partial charge is 0.388 e. The van der Waals surface area contributed by atoms with Crippen molar-refractivity contribution in [1.82, 2.24) is 0 Å². The van der Waals surface area contributed by atoms with E-state index in [0.29, 0.717) is 5.56 Å². The molecule has 1 atom stereocenters. The Balaban J connectivity index is 2.07. The zero-order chi connectivity index (χ0) is 14.6. The lowest BCUT2D eigenvalue weighted by Gasteiger charge is -2.11. The molecule has 0 radical (unpaired) electrons. The van der Waals surface area contributed by atoms with Gasteiger partial charge in [-0.2, -0.15) is 0 Å². The van der Waals surface area contributed by atoms with E-state index in [0.717, 1.165) is 6.07 Å². The van der Waals surface area contributed by atoms with Gasteiger partial charge in [0.25, 0.3) is 0 Å². The van der Waals surface area contributed by atoms with Crippen molar-refractivity contribution in [2.45, 2.75) is 17.4 Å². The summed E-state index contributed by atoms with van der Waals surface area (Å²) in [6.45, 7) is 0. The minimum atomic E-state index is -3.59. The quantitative estimate of drug-likeness (QED) is 0.922. The van der Waals surface area contributed by atoms with E-state index in [4.69, 9.17) is 0 Å². The molecule has 0 amide bonds. The van der Waals surface area contributed by atoms with Crippen molar-refractivity contribution in [3.05, 3.63) is 66.0 Å². The molecule has 106 valence electrons. The first-order chi connectivity index (χ1) is 9.49. The molecule has 0 saturated carbocycles. The number of rotatable bonds is 5. The Labute approximate surface area is 117 Å². The van der Waals surface area contributed by atoms with Crippen molar-refractivity contribution in [1.29, 1.82) is 0 Å². The van der Waals surface area contributed by atoms with Crippen LogP contribution in [0.2, 0.25) is 0 Å². The summed E-state index contributed by atoms with van der Waals surface area (Å²) in [6, 6.07) is 13.7. The Morgan fingerprint density at radius 3 is 2.40 bits per heavy atom. The highest BCUT2D eigenvalue weighted by Crippen LogP contribution is 2.20. The summed E-state index contributed by atoms with van der Waals surface area (Å²) >= 11 is 0. The molecule has 5 heteroatoms. The van der Waals surface area contributed by atoms with Gasteiger partial charge in [0.15, 0.2) is 9.84 Å². The lowest BCUT2D eigenvalue weighted by molar-refractivity contribution is 0.174. The third-order valence-corrected chi connectivity index (χ3v) is 4.74. The fourth-order valence-corrected chi connectivity index (χ4v) is 3.23. The van der Waals surface area contributed by atoms with Gasteiger partial charge in [0.1, 0.15) is 5.82 Å². The topological polar surface area (TPSA) is 54.4 Å². The highest BCUT2D eigenvalue weighted by atomic mass is 32.2. The first-order valence-corrected chi connectivity index (χ1v) is 7.85. The molecule has 2 rings (SSSR count). The molecule has 0 spiro atoms. The van der Waals surface area contributed by atoms with Crippen LogP contribution in [0, 0.1) is 5.82 Å². The van der Waals surface area contributed by atoms with E-state index in [1.807, 2.05) is 6.07 Å². The molecule has 0 aliphatic heterocycles. The molecule has 1 N–H and O–H groups in total. The summed E-state index contributed by atoms with van der Waals surface area (Å²) < 4.78 is 37.1. The van der Waals surface area contributed by atoms with E-state index in [-0.39, 0.29) is 17.1 Å². The van der Waals surface area contributed by atoms with Crippen LogP contribution < -0.4 is 0 Å². The summed E-state index contributed by atoms with van der Waals surface area (Å²) in [5.41, 5.74) is 0.668. The van der Waals surface area contributed by atoms with Gasteiger partial charge in [0.2, 0.25) is 0 Å². The van der Waals surface area contributed by atoms with Crippen LogP contribution in [-0.2, 0) is 9.84 Å². The van der Waals surface area contributed by atoms with Gasteiger partial charge < -0.3 is 5.11 Å². The van der Waals surface area contributed by atoms with Gasteiger partial charge >= 0.3 is 0 Å². The molecular formula is C15H15FO3S. The summed E-state index contributed by atoms with van der Waals surface area (Å²) in [4.78, 5) is -0.0576. The van der Waals surface area contributed by atoms with Crippen LogP contribution in [0.5, 0.6) is 0 Å². The van der Waals surface area contributed by atoms with Crippen LogP contribution in [0.25, 0.3) is 0 Å². The number of benzene rings is 2. The molecular weight excluding hydrogens is 279 g/mol. The highest BCUT2D eigenvalue weighted by molar-refractivity contribution is 7.91. The molecule has 20 heavy (non-hydrogen) atoms. The smallest absolute Gasteiger partial charge is 0.178 e. The van der Waals surface area contributed by atoms with Crippen molar-refractivity contribution in [3.63, 3.8) is 0 Å². The lowest BCUT2D eigenvalue weighted by atomic mass is 10.1. The van der Waals surface area contributed by atoms with Crippen molar-refractivity contribution >= 4 is 9.84 Å². The van der Waals surface area contributed by atoms with Crippen LogP contribution in [0.3, 0.4) is 0 Å². The maximum Gasteiger partial charge on any atom is 0.178 e. The Morgan fingerprint density at radius 1 is 1.05 bits per heavy atom. The van der Waals surface area contributed by atoms with E-state index >= 15 is 0 Å². The fourth-order valence-electron chi connectivity index (χ4n) is 1.89. The van der Waals surface area contributed by atoms with Crippen molar-refractivity contribution in [2.24, 2.45) is 0 Å². The SMILES string of the molecule is O=S(=O)(CCC(O)c1ccccc1)c1cccc(F)c1. The van der Waals surface area contributed by atoms with E-state index in [9.17, 15) is 17.9 Å². The molecule has 0 bridgehead atoms. The first kappa shape index (κ1) is 14.7. The fraction of sp³-hybridized carbons (Fsp3) is 0.200. The van der Waals surface area contributed by atoms with Crippen molar-refractivity contribution in [3.8, 4) is 0 Å². The molecule has 0 aliphatic carbocycles. The average molecular weight is 294 g/mol. The predicted molar refractivity (Wildman–Crippen MR) is 74.5 cm³/mol. The van der Waals surface area contributed by atoms with E-state index in [1.165, 1.54) is 18.2 Å². The minimum Gasteiger partial charge on any atom is -0.388 e. The second-order valence-corrected chi connectivity index (χ2v) is 6.60. The molecule has 2 aromatic carbocycles. The molecule has 0 heterocycles. The van der Waals surface area contributed by atoms with Crippen LogP contribution in [0.4, 0.5) is 4.39 Å². The number of aliphatic hydroxyl groups excluding tert-OH is 1. The lowest BCUT2D eigenvalue weighted by Crippen LogP contribution is -2.11. The monoisotopic (exact) mass is 294 g/mol. The Morgan fingerprint density at radius 2 is 1.75 bits per heavy atom. The number of halogens is 1. The number of sulfone groups is 1. The van der Waals surface area contributed by atoms with Gasteiger partial charge in [-0.25, -0.2) is 12.8 Å². The Bertz CT molecular complexity index is 669. The summed E-state index contributed by atoms with van der Waals surface area (Å²) in [6.07, 6.45) is -0.775. The Hall–Kier alpha value is -1.72. The highest BCUT2D eigenvalue weighted by Gasteiger charge is 2.18. The number of hydrogen-bond acceptors (Lipinski definition) is 3. The predicted octanol–water partition coefficient (Wildman–Crippen LogP) is 2.72. The Kier molecular flexibility index (Phi) is 4.52. The van der Waals surface area contributed by atoms with E-state index < -0.39 is 21.8 Å². The van der Waals surface area contributed by atoms with Gasteiger partial charge in [0.05, 0.1) is 16.8 Å². The zero-order valence-electron chi connectivity index (χ0n) is 10.7. The van der Waals surface area contributed by atoms with E-state index in [1.54, 1.807) is 24.3 Å². The van der Waals surface area contributed by atoms with Gasteiger partial charge in [-0.3, -0.25) is 0 Å². The molecule has 0 aliphatic rings. The maximum atomic E-state index is 13.0. The van der Waals surface area contributed by atoms with Crippen molar-refractivity contribution < 1.29 is 17.9 Å².